The van der Waals surface area contributed by atoms with Gasteiger partial charge in [0.25, 0.3) is 0 Å². The van der Waals surface area contributed by atoms with Crippen LogP contribution in [0.1, 0.15) is 38.0 Å². The Bertz CT molecular complexity index is 692. The normalized spacial score (nSPS) is 27.8. The van der Waals surface area contributed by atoms with Crippen LogP contribution in [-0.2, 0) is 18.3 Å². The third kappa shape index (κ3) is 6.47. The topological polar surface area (TPSA) is 147 Å². The second-order valence-corrected chi connectivity index (χ2v) is 9.42. The van der Waals surface area contributed by atoms with Crippen molar-refractivity contribution in [2.75, 3.05) is 26.9 Å². The van der Waals surface area contributed by atoms with Gasteiger partial charge in [0, 0.05) is 0 Å². The van der Waals surface area contributed by atoms with Gasteiger partial charge in [-0.1, -0.05) is 26.0 Å². The quantitative estimate of drug-likeness (QED) is 0.286. The van der Waals surface area contributed by atoms with E-state index in [1.165, 1.54) is 7.11 Å². The average Bonchev–Trinajstić information content (AvgIpc) is 2.78. The molecule has 0 spiro atoms. The number of ether oxygens (including phenoxy) is 2. The maximum Gasteiger partial charge on any atom is 0.351 e. The molecule has 2 unspecified atom stereocenters. The van der Waals surface area contributed by atoms with Gasteiger partial charge in [0.2, 0.25) is 0 Å². The maximum atomic E-state index is 13.8. The van der Waals surface area contributed by atoms with Crippen LogP contribution in [0.15, 0.2) is 24.3 Å². The number of methoxy groups -OCH3 is 1. The lowest BCUT2D eigenvalue weighted by atomic mass is 9.97. The highest BCUT2D eigenvalue weighted by atomic mass is 31.2. The highest BCUT2D eigenvalue weighted by molar-refractivity contribution is 7.54. The molecule has 0 aromatic heterocycles. The highest BCUT2D eigenvalue weighted by Gasteiger charge is 2.47. The van der Waals surface area contributed by atoms with Crippen LogP contribution < -0.4 is 10.1 Å². The first-order valence-electron chi connectivity index (χ1n) is 10.4. The van der Waals surface area contributed by atoms with E-state index in [1.54, 1.807) is 24.3 Å². The summed E-state index contributed by atoms with van der Waals surface area (Å²) in [6.07, 6.45) is -4.50. The molecule has 0 radical (unpaired) electrons. The fourth-order valence-corrected chi connectivity index (χ4v) is 5.38. The number of aliphatic hydroxyl groups is 4. The zero-order valence-corrected chi connectivity index (χ0v) is 19.0. The molecule has 31 heavy (non-hydrogen) atoms. The third-order valence-electron chi connectivity index (χ3n) is 4.95. The molecule has 1 aliphatic rings. The zero-order chi connectivity index (χ0) is 23.0. The van der Waals surface area contributed by atoms with Crippen LogP contribution in [0.3, 0.4) is 0 Å². The van der Waals surface area contributed by atoms with Gasteiger partial charge in [-0.2, -0.15) is 0 Å². The molecule has 11 heteroatoms. The van der Waals surface area contributed by atoms with E-state index in [0.717, 1.165) is 0 Å². The molecule has 1 aromatic carbocycles. The number of nitrogens with one attached hydrogen (secondary N) is 1. The predicted octanol–water partition coefficient (Wildman–Crippen LogP) is 1.13. The van der Waals surface area contributed by atoms with Gasteiger partial charge in [0.05, 0.1) is 33.0 Å². The SMILES string of the molecule is CCCOP(=O)(OCCC)C(N[C@H]1C(O)O[C@H](CO)[C@@H](O)[C@@H]1O)c1ccc(OC)cc1. The molecule has 0 aliphatic carbocycles. The molecule has 1 fully saturated rings. The summed E-state index contributed by atoms with van der Waals surface area (Å²) >= 11 is 0. The van der Waals surface area contributed by atoms with Crippen LogP contribution in [0, 0.1) is 0 Å². The van der Waals surface area contributed by atoms with Gasteiger partial charge in [0.1, 0.15) is 29.8 Å². The summed E-state index contributed by atoms with van der Waals surface area (Å²) in [5, 5.41) is 43.4. The van der Waals surface area contributed by atoms with Crippen molar-refractivity contribution in [3.63, 3.8) is 0 Å². The van der Waals surface area contributed by atoms with Crippen molar-refractivity contribution >= 4 is 7.60 Å². The van der Waals surface area contributed by atoms with Gasteiger partial charge in [-0.15, -0.1) is 0 Å². The largest absolute Gasteiger partial charge is 0.497 e. The molecule has 1 aromatic rings. The summed E-state index contributed by atoms with van der Waals surface area (Å²) < 4.78 is 35.6. The molecule has 0 bridgehead atoms. The molecule has 0 saturated carbocycles. The number of rotatable bonds is 12. The van der Waals surface area contributed by atoms with Gasteiger partial charge in [-0.05, 0) is 30.5 Å². The monoisotopic (exact) mass is 463 g/mol. The molecule has 1 heterocycles. The molecule has 178 valence electrons. The summed E-state index contributed by atoms with van der Waals surface area (Å²) in [5.41, 5.74) is 0.509. The Kier molecular flexibility index (Phi) is 10.3. The second-order valence-electron chi connectivity index (χ2n) is 7.30. The molecule has 0 amide bonds. The molecule has 5 N–H and O–H groups in total. The van der Waals surface area contributed by atoms with E-state index in [0.29, 0.717) is 24.2 Å². The summed E-state index contributed by atoms with van der Waals surface area (Å²) in [6, 6.07) is 5.46. The van der Waals surface area contributed by atoms with E-state index in [-0.39, 0.29) is 13.2 Å². The minimum atomic E-state index is -3.83. The molecule has 6 atom stereocenters. The van der Waals surface area contributed by atoms with Crippen LogP contribution in [0.25, 0.3) is 0 Å². The lowest BCUT2D eigenvalue weighted by Crippen LogP contribution is -2.63. The lowest BCUT2D eigenvalue weighted by Gasteiger charge is -2.42. The van der Waals surface area contributed by atoms with Gasteiger partial charge < -0.3 is 38.9 Å². The van der Waals surface area contributed by atoms with Crippen LogP contribution in [0.5, 0.6) is 5.75 Å². The molecular weight excluding hydrogens is 429 g/mol. The highest BCUT2D eigenvalue weighted by Crippen LogP contribution is 2.60. The molecule has 2 rings (SSSR count). The van der Waals surface area contributed by atoms with E-state index < -0.39 is 50.6 Å². The van der Waals surface area contributed by atoms with Crippen molar-refractivity contribution in [2.24, 2.45) is 0 Å². The average molecular weight is 463 g/mol. The minimum Gasteiger partial charge on any atom is -0.497 e. The van der Waals surface area contributed by atoms with Crippen molar-refractivity contribution in [2.45, 2.75) is 63.1 Å². The van der Waals surface area contributed by atoms with E-state index in [1.807, 2.05) is 13.8 Å². The first-order chi connectivity index (χ1) is 14.8. The van der Waals surface area contributed by atoms with Gasteiger partial charge in [0.15, 0.2) is 6.29 Å². The third-order valence-corrected chi connectivity index (χ3v) is 7.11. The van der Waals surface area contributed by atoms with Crippen molar-refractivity contribution in [3.8, 4) is 5.75 Å². The van der Waals surface area contributed by atoms with Crippen LogP contribution >= 0.6 is 7.60 Å². The van der Waals surface area contributed by atoms with E-state index in [2.05, 4.69) is 5.32 Å². The second kappa shape index (κ2) is 12.2. The van der Waals surface area contributed by atoms with Crippen molar-refractivity contribution in [3.05, 3.63) is 29.8 Å². The lowest BCUT2D eigenvalue weighted by molar-refractivity contribution is -0.255. The van der Waals surface area contributed by atoms with Gasteiger partial charge >= 0.3 is 7.60 Å². The molecule has 1 aliphatic heterocycles. The predicted molar refractivity (Wildman–Crippen MR) is 113 cm³/mol. The molecule has 10 nitrogen and oxygen atoms in total. The van der Waals surface area contributed by atoms with E-state index in [9.17, 15) is 25.0 Å². The summed E-state index contributed by atoms with van der Waals surface area (Å²) in [5.74, 6) is -0.490. The van der Waals surface area contributed by atoms with E-state index >= 15 is 0 Å². The number of benzene rings is 1. The van der Waals surface area contributed by atoms with Crippen LogP contribution in [-0.4, -0.2) is 78.0 Å². The number of hydrogen-bond acceptors (Lipinski definition) is 10. The fourth-order valence-electron chi connectivity index (χ4n) is 3.24. The Morgan fingerprint density at radius 3 is 2.13 bits per heavy atom. The van der Waals surface area contributed by atoms with Crippen LogP contribution in [0.2, 0.25) is 0 Å². The Morgan fingerprint density at radius 1 is 1.06 bits per heavy atom. The molecule has 1 saturated heterocycles. The molecular formula is C20H34NO9P. The number of hydrogen-bond donors (Lipinski definition) is 5. The Labute approximate surface area is 182 Å². The van der Waals surface area contributed by atoms with Crippen LogP contribution in [0.4, 0.5) is 0 Å². The van der Waals surface area contributed by atoms with Crippen molar-refractivity contribution in [1.29, 1.82) is 0 Å². The first kappa shape index (κ1) is 26.2. The van der Waals surface area contributed by atoms with Gasteiger partial charge in [-0.25, -0.2) is 0 Å². The Balaban J connectivity index is 2.41. The standard InChI is InChI=1S/C20H34NO9P/c1-4-10-28-31(26,29-11-5-2)19(13-6-8-14(27-3)9-7-13)21-16-18(24)17(23)15(12-22)30-20(16)25/h6-9,15-25H,4-5,10-12H2,1-3H3/t15-,16-,17-,18-,19?,20?/m1/s1. The van der Waals surface area contributed by atoms with Gasteiger partial charge in [-0.3, -0.25) is 9.88 Å². The summed E-state index contributed by atoms with van der Waals surface area (Å²) in [7, 11) is -2.31. The first-order valence-corrected chi connectivity index (χ1v) is 12.0. The number of aliphatic hydroxyl groups excluding tert-OH is 4. The van der Waals surface area contributed by atoms with Crippen molar-refractivity contribution < 1.29 is 43.5 Å². The smallest absolute Gasteiger partial charge is 0.351 e. The fraction of sp³-hybridized carbons (Fsp3) is 0.700. The zero-order valence-electron chi connectivity index (χ0n) is 18.1. The maximum absolute atomic E-state index is 13.8. The summed E-state index contributed by atoms with van der Waals surface area (Å²) in [6.45, 7) is 3.51. The van der Waals surface area contributed by atoms with E-state index in [4.69, 9.17) is 18.5 Å². The Hall–Kier alpha value is -1.07. The minimum absolute atomic E-state index is 0.177. The summed E-state index contributed by atoms with van der Waals surface area (Å²) in [4.78, 5) is 0. The Morgan fingerprint density at radius 2 is 1.65 bits per heavy atom. The van der Waals surface area contributed by atoms with Crippen molar-refractivity contribution in [1.82, 2.24) is 5.32 Å².